The van der Waals surface area contributed by atoms with E-state index in [-0.39, 0.29) is 36.0 Å². The average molecular weight is 411 g/mol. The van der Waals surface area contributed by atoms with E-state index in [4.69, 9.17) is 10.7 Å². The van der Waals surface area contributed by atoms with Gasteiger partial charge in [-0.3, -0.25) is 14.2 Å². The maximum absolute atomic E-state index is 13.0. The number of nitrogens with two attached hydrogens (primary N) is 1. The van der Waals surface area contributed by atoms with Gasteiger partial charge in [-0.15, -0.1) is 23.7 Å². The number of halogens is 1. The molecule has 1 fully saturated rings. The molecular weight excluding hydrogens is 384 g/mol. The summed E-state index contributed by atoms with van der Waals surface area (Å²) in [5.74, 6) is 0.792. The van der Waals surface area contributed by atoms with Gasteiger partial charge in [0.2, 0.25) is 0 Å². The van der Waals surface area contributed by atoms with Gasteiger partial charge in [-0.1, -0.05) is 6.42 Å². The van der Waals surface area contributed by atoms with Crippen LogP contribution in [0.4, 0.5) is 0 Å². The Labute approximate surface area is 169 Å². The summed E-state index contributed by atoms with van der Waals surface area (Å²) in [4.78, 5) is 31.9. The zero-order valence-corrected chi connectivity index (χ0v) is 17.3. The Morgan fingerprint density at radius 2 is 1.96 bits per heavy atom. The number of thiophene rings is 1. The summed E-state index contributed by atoms with van der Waals surface area (Å²) in [6, 6.07) is 0.437. The van der Waals surface area contributed by atoms with E-state index >= 15 is 0 Å². The molecule has 0 unspecified atom stereocenters. The van der Waals surface area contributed by atoms with Crippen molar-refractivity contribution in [3.63, 3.8) is 0 Å². The summed E-state index contributed by atoms with van der Waals surface area (Å²) < 4.78 is 1.82. The van der Waals surface area contributed by atoms with Crippen molar-refractivity contribution in [2.24, 2.45) is 5.73 Å². The lowest BCUT2D eigenvalue weighted by atomic mass is 9.92. The Kier molecular flexibility index (Phi) is 6.23. The zero-order chi connectivity index (χ0) is 18.3. The highest BCUT2D eigenvalue weighted by Crippen LogP contribution is 2.29. The first-order valence-electron chi connectivity index (χ1n) is 9.64. The van der Waals surface area contributed by atoms with E-state index < -0.39 is 0 Å². The van der Waals surface area contributed by atoms with Crippen LogP contribution in [0, 0.1) is 6.92 Å². The molecule has 0 aromatic carbocycles. The maximum Gasteiger partial charge on any atom is 0.262 e. The molecule has 0 spiro atoms. The van der Waals surface area contributed by atoms with Crippen LogP contribution in [0.25, 0.3) is 10.2 Å². The molecule has 2 aliphatic rings. The molecule has 1 aliphatic heterocycles. The van der Waals surface area contributed by atoms with E-state index in [0.717, 1.165) is 69.3 Å². The lowest BCUT2D eigenvalue weighted by molar-refractivity contribution is 0.0929. The van der Waals surface area contributed by atoms with E-state index in [9.17, 15) is 9.59 Å². The Balaban J connectivity index is 0.00000210. The van der Waals surface area contributed by atoms with E-state index in [2.05, 4.69) is 5.32 Å². The first kappa shape index (κ1) is 20.3. The topological polar surface area (TPSA) is 90.0 Å². The number of carbonyl (C=O) groups is 1. The summed E-state index contributed by atoms with van der Waals surface area (Å²) in [5.41, 5.74) is 6.73. The van der Waals surface area contributed by atoms with Crippen LogP contribution in [0.1, 0.15) is 66.0 Å². The van der Waals surface area contributed by atoms with Crippen LogP contribution in [0.15, 0.2) is 4.79 Å². The molecule has 2 aromatic heterocycles. The van der Waals surface area contributed by atoms with Crippen molar-refractivity contribution < 1.29 is 4.79 Å². The number of nitrogens with one attached hydrogen (secondary N) is 1. The van der Waals surface area contributed by atoms with E-state index in [0.29, 0.717) is 15.1 Å². The van der Waals surface area contributed by atoms with Crippen molar-refractivity contribution in [1.29, 1.82) is 0 Å². The predicted octanol–water partition coefficient (Wildman–Crippen LogP) is 2.91. The lowest BCUT2D eigenvalue weighted by Crippen LogP contribution is -2.40. The molecule has 0 atom stereocenters. The van der Waals surface area contributed by atoms with Gasteiger partial charge in [-0.2, -0.15) is 0 Å². The third-order valence-corrected chi connectivity index (χ3v) is 6.91. The van der Waals surface area contributed by atoms with Crippen molar-refractivity contribution in [3.05, 3.63) is 26.6 Å². The fourth-order valence-electron chi connectivity index (χ4n) is 4.14. The highest BCUT2D eigenvalue weighted by Gasteiger charge is 2.25. The van der Waals surface area contributed by atoms with Crippen LogP contribution in [0.3, 0.4) is 0 Å². The third kappa shape index (κ3) is 3.91. The summed E-state index contributed by atoms with van der Waals surface area (Å²) >= 11 is 1.35. The van der Waals surface area contributed by atoms with Crippen LogP contribution < -0.4 is 16.6 Å². The minimum absolute atomic E-state index is 0. The number of aromatic nitrogens is 2. The second kappa shape index (κ2) is 8.29. The number of nitrogens with zero attached hydrogens (tertiary/aromatic N) is 2. The first-order valence-corrected chi connectivity index (χ1v) is 10.5. The highest BCUT2D eigenvalue weighted by molar-refractivity contribution is 7.20. The third-order valence-electron chi connectivity index (χ3n) is 5.72. The molecule has 2 aromatic rings. The smallest absolute Gasteiger partial charge is 0.262 e. The molecule has 6 nitrogen and oxygen atoms in total. The largest absolute Gasteiger partial charge is 0.349 e. The van der Waals surface area contributed by atoms with Gasteiger partial charge in [-0.05, 0) is 51.0 Å². The van der Waals surface area contributed by atoms with Crippen LogP contribution >= 0.6 is 23.7 Å². The SMILES string of the molecule is Cc1c(C(=O)NC2CCC(N)CC2)sc2nc3n(c(=O)c12)CCCCC3.Cl. The van der Waals surface area contributed by atoms with Crippen LogP contribution in [-0.4, -0.2) is 27.5 Å². The Morgan fingerprint density at radius 3 is 2.70 bits per heavy atom. The van der Waals surface area contributed by atoms with Gasteiger partial charge < -0.3 is 11.1 Å². The van der Waals surface area contributed by atoms with Crippen molar-refractivity contribution in [2.75, 3.05) is 0 Å². The van der Waals surface area contributed by atoms with Crippen molar-refractivity contribution in [1.82, 2.24) is 14.9 Å². The molecule has 0 bridgehead atoms. The van der Waals surface area contributed by atoms with E-state index in [1.165, 1.54) is 11.3 Å². The molecule has 1 amide bonds. The fourth-order valence-corrected chi connectivity index (χ4v) is 5.23. The molecule has 1 aliphatic carbocycles. The molecule has 4 rings (SSSR count). The monoisotopic (exact) mass is 410 g/mol. The number of hydrogen-bond acceptors (Lipinski definition) is 5. The molecule has 3 heterocycles. The van der Waals surface area contributed by atoms with Crippen molar-refractivity contribution in [3.8, 4) is 0 Å². The van der Waals surface area contributed by atoms with Gasteiger partial charge in [0.1, 0.15) is 10.7 Å². The average Bonchev–Trinajstić information content (AvgIpc) is 2.80. The summed E-state index contributed by atoms with van der Waals surface area (Å²) in [5, 5.41) is 3.76. The number of amides is 1. The Bertz CT molecular complexity index is 899. The highest BCUT2D eigenvalue weighted by atomic mass is 35.5. The van der Waals surface area contributed by atoms with Crippen LogP contribution in [-0.2, 0) is 13.0 Å². The summed E-state index contributed by atoms with van der Waals surface area (Å²) in [7, 11) is 0. The molecule has 1 saturated carbocycles. The standard InChI is InChI=1S/C19H26N4O2S.ClH/c1-11-15-18(22-14-5-3-2-4-10-23(14)19(15)25)26-16(11)17(24)21-13-8-6-12(20)7-9-13;/h12-13H,2-10,20H2,1H3,(H,21,24);1H. The number of carbonyl (C=O) groups excluding carboxylic acids is 1. The Hall–Kier alpha value is -1.44. The van der Waals surface area contributed by atoms with Crippen molar-refractivity contribution >= 4 is 39.9 Å². The second-order valence-corrected chi connectivity index (χ2v) is 8.62. The summed E-state index contributed by atoms with van der Waals surface area (Å²) in [6.45, 7) is 2.60. The molecule has 0 radical (unpaired) electrons. The molecule has 0 saturated heterocycles. The molecule has 27 heavy (non-hydrogen) atoms. The van der Waals surface area contributed by atoms with Gasteiger partial charge in [0.25, 0.3) is 11.5 Å². The summed E-state index contributed by atoms with van der Waals surface area (Å²) in [6.07, 6.45) is 7.80. The predicted molar refractivity (Wildman–Crippen MR) is 111 cm³/mol. The lowest BCUT2D eigenvalue weighted by Gasteiger charge is -2.26. The molecule has 148 valence electrons. The van der Waals surface area contributed by atoms with Gasteiger partial charge >= 0.3 is 0 Å². The van der Waals surface area contributed by atoms with E-state index in [1.54, 1.807) is 0 Å². The van der Waals surface area contributed by atoms with Crippen LogP contribution in [0.5, 0.6) is 0 Å². The fraction of sp³-hybridized carbons (Fsp3) is 0.632. The van der Waals surface area contributed by atoms with Gasteiger partial charge in [-0.25, -0.2) is 4.98 Å². The molecule has 3 N–H and O–H groups in total. The number of rotatable bonds is 2. The number of hydrogen-bond donors (Lipinski definition) is 2. The Morgan fingerprint density at radius 1 is 1.22 bits per heavy atom. The minimum Gasteiger partial charge on any atom is -0.349 e. The van der Waals surface area contributed by atoms with Crippen LogP contribution in [0.2, 0.25) is 0 Å². The number of aryl methyl sites for hydroxylation is 2. The second-order valence-electron chi connectivity index (χ2n) is 7.62. The minimum atomic E-state index is -0.0782. The number of fused-ring (bicyclic) bond motifs is 2. The first-order chi connectivity index (χ1) is 12.5. The molecule has 8 heteroatoms. The molecular formula is C19H27ClN4O2S. The van der Waals surface area contributed by atoms with Gasteiger partial charge in [0.15, 0.2) is 0 Å². The van der Waals surface area contributed by atoms with Crippen molar-refractivity contribution in [2.45, 2.75) is 76.9 Å². The van der Waals surface area contributed by atoms with E-state index in [1.807, 2.05) is 11.5 Å². The quantitative estimate of drug-likeness (QED) is 0.796. The normalized spacial score (nSPS) is 22.6. The zero-order valence-electron chi connectivity index (χ0n) is 15.6. The van der Waals surface area contributed by atoms with Gasteiger partial charge in [0.05, 0.1) is 10.3 Å². The van der Waals surface area contributed by atoms with Gasteiger partial charge in [0, 0.05) is 25.0 Å². The maximum atomic E-state index is 13.0.